The van der Waals surface area contributed by atoms with Crippen LogP contribution in [-0.2, 0) is 35.0 Å². The molecular formula is C21H23N5O3. The number of aromatic amines is 1. The number of aromatic nitrogens is 4. The molecule has 0 unspecified atom stereocenters. The van der Waals surface area contributed by atoms with Crippen molar-refractivity contribution < 1.29 is 9.53 Å². The molecule has 0 bridgehead atoms. The summed E-state index contributed by atoms with van der Waals surface area (Å²) in [5, 5.41) is 13.0. The first-order chi connectivity index (χ1) is 14.1. The molecule has 1 fully saturated rings. The number of amides is 1. The van der Waals surface area contributed by atoms with Crippen molar-refractivity contribution in [3.05, 3.63) is 57.8 Å². The maximum absolute atomic E-state index is 13.0. The second-order valence-corrected chi connectivity index (χ2v) is 7.84. The molecule has 0 aliphatic carbocycles. The van der Waals surface area contributed by atoms with Gasteiger partial charge in [0.05, 0.1) is 36.0 Å². The number of likely N-dealkylation sites (tertiary alicyclic amines) is 1. The van der Waals surface area contributed by atoms with Crippen LogP contribution in [0, 0.1) is 0 Å². The maximum atomic E-state index is 13.0. The van der Waals surface area contributed by atoms with Crippen molar-refractivity contribution in [2.75, 3.05) is 19.7 Å². The number of nitrogens with zero attached hydrogens (tertiary/aromatic N) is 4. The van der Waals surface area contributed by atoms with Crippen molar-refractivity contribution in [2.45, 2.75) is 31.3 Å². The largest absolute Gasteiger partial charge is 0.368 e. The number of fused-ring (bicyclic) bond motifs is 3. The number of carbonyl (C=O) groups excluding carboxylic acids is 1. The molecule has 1 aromatic carbocycles. The zero-order chi connectivity index (χ0) is 20.0. The van der Waals surface area contributed by atoms with Gasteiger partial charge < -0.3 is 9.64 Å². The maximum Gasteiger partial charge on any atom is 0.274 e. The molecule has 3 aromatic rings. The van der Waals surface area contributed by atoms with E-state index in [0.29, 0.717) is 30.8 Å². The minimum atomic E-state index is -0.359. The number of benzene rings is 1. The quantitative estimate of drug-likeness (QED) is 0.708. The number of carbonyl (C=O) groups is 1. The minimum absolute atomic E-state index is 0.0248. The van der Waals surface area contributed by atoms with Crippen molar-refractivity contribution in [3.8, 4) is 0 Å². The summed E-state index contributed by atoms with van der Waals surface area (Å²) in [6, 6.07) is 7.32. The molecule has 4 heterocycles. The Kier molecular flexibility index (Phi) is 4.24. The van der Waals surface area contributed by atoms with E-state index in [0.717, 1.165) is 30.3 Å². The lowest BCUT2D eigenvalue weighted by Crippen LogP contribution is -2.48. The van der Waals surface area contributed by atoms with Crippen molar-refractivity contribution in [1.29, 1.82) is 0 Å². The highest BCUT2D eigenvalue weighted by molar-refractivity contribution is 5.88. The van der Waals surface area contributed by atoms with Crippen molar-refractivity contribution in [2.24, 2.45) is 7.05 Å². The number of rotatable bonds is 2. The summed E-state index contributed by atoms with van der Waals surface area (Å²) in [5.74, 6) is 0.0248. The van der Waals surface area contributed by atoms with Crippen molar-refractivity contribution in [1.82, 2.24) is 24.9 Å². The van der Waals surface area contributed by atoms with Crippen LogP contribution in [0.25, 0.3) is 10.8 Å². The lowest BCUT2D eigenvalue weighted by atomic mass is 9.83. The van der Waals surface area contributed by atoms with E-state index in [2.05, 4.69) is 15.3 Å². The molecule has 0 saturated carbocycles. The fraction of sp³-hybridized carbons (Fsp3) is 0.429. The summed E-state index contributed by atoms with van der Waals surface area (Å²) >= 11 is 0. The SMILES string of the molecule is Cn1nc(CC(=O)N2CCC3(CC2)OCCc2cn[nH]c23)c2ccccc2c1=O. The van der Waals surface area contributed by atoms with Crippen LogP contribution < -0.4 is 5.56 Å². The summed E-state index contributed by atoms with van der Waals surface area (Å²) in [7, 11) is 1.62. The van der Waals surface area contributed by atoms with Gasteiger partial charge in [-0.15, -0.1) is 0 Å². The van der Waals surface area contributed by atoms with Gasteiger partial charge in [-0.05, 0) is 30.9 Å². The van der Waals surface area contributed by atoms with E-state index in [4.69, 9.17) is 4.74 Å². The molecule has 2 aliphatic heterocycles. The topological polar surface area (TPSA) is 93.1 Å². The van der Waals surface area contributed by atoms with Gasteiger partial charge in [-0.3, -0.25) is 14.7 Å². The lowest BCUT2D eigenvalue weighted by Gasteiger charge is -2.43. The van der Waals surface area contributed by atoms with E-state index >= 15 is 0 Å². The van der Waals surface area contributed by atoms with E-state index in [1.54, 1.807) is 13.1 Å². The summed E-state index contributed by atoms with van der Waals surface area (Å²) in [6.45, 7) is 1.94. The van der Waals surface area contributed by atoms with Crippen LogP contribution in [0.5, 0.6) is 0 Å². The fourth-order valence-electron chi connectivity index (χ4n) is 4.60. The monoisotopic (exact) mass is 393 g/mol. The highest BCUT2D eigenvalue weighted by Crippen LogP contribution is 2.40. The van der Waals surface area contributed by atoms with Gasteiger partial charge in [0.2, 0.25) is 5.91 Å². The molecule has 1 N–H and O–H groups in total. The van der Waals surface area contributed by atoms with E-state index < -0.39 is 0 Å². The molecule has 1 saturated heterocycles. The molecule has 8 heteroatoms. The zero-order valence-electron chi connectivity index (χ0n) is 16.4. The van der Waals surface area contributed by atoms with Crippen LogP contribution in [-0.4, -0.2) is 50.5 Å². The average Bonchev–Trinajstić information content (AvgIpc) is 3.23. The highest BCUT2D eigenvalue weighted by atomic mass is 16.5. The van der Waals surface area contributed by atoms with Gasteiger partial charge in [-0.2, -0.15) is 10.2 Å². The van der Waals surface area contributed by atoms with E-state index in [9.17, 15) is 9.59 Å². The summed E-state index contributed by atoms with van der Waals surface area (Å²) in [6.07, 6.45) is 4.43. The van der Waals surface area contributed by atoms with Gasteiger partial charge in [0, 0.05) is 25.5 Å². The molecule has 2 aromatic heterocycles. The Bertz CT molecular complexity index is 1140. The predicted octanol–water partition coefficient (Wildman–Crippen LogP) is 1.29. The van der Waals surface area contributed by atoms with Crippen LogP contribution in [0.2, 0.25) is 0 Å². The van der Waals surface area contributed by atoms with Crippen LogP contribution in [0.1, 0.15) is 29.8 Å². The van der Waals surface area contributed by atoms with Gasteiger partial charge in [0.1, 0.15) is 5.60 Å². The molecule has 1 spiro atoms. The van der Waals surface area contributed by atoms with Crippen LogP contribution >= 0.6 is 0 Å². The Morgan fingerprint density at radius 1 is 1.24 bits per heavy atom. The Morgan fingerprint density at radius 3 is 2.79 bits per heavy atom. The average molecular weight is 393 g/mol. The van der Waals surface area contributed by atoms with E-state index in [1.807, 2.05) is 29.3 Å². The van der Waals surface area contributed by atoms with E-state index in [-0.39, 0.29) is 23.5 Å². The smallest absolute Gasteiger partial charge is 0.274 e. The number of piperidine rings is 1. The second kappa shape index (κ2) is 6.81. The first kappa shape index (κ1) is 18.1. The van der Waals surface area contributed by atoms with Crippen LogP contribution in [0.15, 0.2) is 35.3 Å². The van der Waals surface area contributed by atoms with Crippen molar-refractivity contribution in [3.63, 3.8) is 0 Å². The number of ether oxygens (including phenoxy) is 1. The third kappa shape index (κ3) is 2.95. The molecule has 2 aliphatic rings. The third-order valence-electron chi connectivity index (χ3n) is 6.20. The number of hydrogen-bond acceptors (Lipinski definition) is 5. The molecule has 0 radical (unpaired) electrons. The minimum Gasteiger partial charge on any atom is -0.368 e. The standard InChI is InChI=1S/C21H23N5O3/c1-25-20(28)16-5-3-2-4-15(16)17(24-25)12-18(27)26-9-7-21(8-10-26)19-14(6-11-29-21)13-22-23-19/h2-5,13H,6-12H2,1H3,(H,22,23). The highest BCUT2D eigenvalue weighted by Gasteiger charge is 2.43. The van der Waals surface area contributed by atoms with Gasteiger partial charge >= 0.3 is 0 Å². The molecule has 8 nitrogen and oxygen atoms in total. The molecule has 1 amide bonds. The molecule has 0 atom stereocenters. The van der Waals surface area contributed by atoms with Crippen LogP contribution in [0.3, 0.4) is 0 Å². The van der Waals surface area contributed by atoms with Crippen molar-refractivity contribution >= 4 is 16.7 Å². The second-order valence-electron chi connectivity index (χ2n) is 7.84. The number of aryl methyl sites for hydroxylation is 1. The molecular weight excluding hydrogens is 370 g/mol. The van der Waals surface area contributed by atoms with Gasteiger partial charge in [0.25, 0.3) is 5.56 Å². The first-order valence-corrected chi connectivity index (χ1v) is 9.97. The third-order valence-corrected chi connectivity index (χ3v) is 6.20. The lowest BCUT2D eigenvalue weighted by molar-refractivity contribution is -0.140. The molecule has 150 valence electrons. The Balaban J connectivity index is 1.35. The van der Waals surface area contributed by atoms with Crippen LogP contribution in [0.4, 0.5) is 0 Å². The summed E-state index contributed by atoms with van der Waals surface area (Å²) in [4.78, 5) is 27.2. The Hall–Kier alpha value is -3.00. The van der Waals surface area contributed by atoms with Gasteiger partial charge in [-0.25, -0.2) is 4.68 Å². The predicted molar refractivity (Wildman–Crippen MR) is 106 cm³/mol. The van der Waals surface area contributed by atoms with Gasteiger partial charge in [0.15, 0.2) is 0 Å². The Morgan fingerprint density at radius 2 is 2.00 bits per heavy atom. The molecule has 5 rings (SSSR count). The van der Waals surface area contributed by atoms with E-state index in [1.165, 1.54) is 10.2 Å². The normalized spacial score (nSPS) is 18.2. The molecule has 29 heavy (non-hydrogen) atoms. The summed E-state index contributed by atoms with van der Waals surface area (Å²) < 4.78 is 7.48. The summed E-state index contributed by atoms with van der Waals surface area (Å²) in [5.41, 5.74) is 2.42. The Labute approximate surface area is 167 Å². The number of nitrogens with one attached hydrogen (secondary N) is 1. The van der Waals surface area contributed by atoms with Gasteiger partial charge in [-0.1, -0.05) is 18.2 Å². The number of H-pyrrole nitrogens is 1. The first-order valence-electron chi connectivity index (χ1n) is 9.97. The number of hydrogen-bond donors (Lipinski definition) is 1. The fourth-order valence-corrected chi connectivity index (χ4v) is 4.60. The zero-order valence-corrected chi connectivity index (χ0v) is 16.4.